The van der Waals surface area contributed by atoms with Crippen LogP contribution < -0.4 is 15.4 Å². The van der Waals surface area contributed by atoms with Crippen LogP contribution in [0.5, 0.6) is 5.75 Å². The Balaban J connectivity index is 2.34. The molecule has 2 N–H and O–H groups in total. The summed E-state index contributed by atoms with van der Waals surface area (Å²) in [5, 5.41) is 6.72. The van der Waals surface area contributed by atoms with Crippen LogP contribution >= 0.6 is 0 Å². The molecular formula is C20H34N4O. The number of benzene rings is 1. The summed E-state index contributed by atoms with van der Waals surface area (Å²) in [5.74, 6) is 1.70. The number of ether oxygens (including phenoxy) is 1. The van der Waals surface area contributed by atoms with Gasteiger partial charge in [0.2, 0.25) is 0 Å². The van der Waals surface area contributed by atoms with Crippen molar-refractivity contribution in [3.05, 3.63) is 42.5 Å². The lowest BCUT2D eigenvalue weighted by molar-refractivity contribution is 0.297. The highest BCUT2D eigenvalue weighted by Gasteiger charge is 2.04. The van der Waals surface area contributed by atoms with E-state index in [2.05, 4.69) is 47.0 Å². The normalized spacial score (nSPS) is 11.4. The first kappa shape index (κ1) is 21.0. The van der Waals surface area contributed by atoms with Gasteiger partial charge in [-0.25, -0.2) is 0 Å². The van der Waals surface area contributed by atoms with Crippen LogP contribution in [0.4, 0.5) is 0 Å². The van der Waals surface area contributed by atoms with Gasteiger partial charge < -0.3 is 20.3 Å². The summed E-state index contributed by atoms with van der Waals surface area (Å²) in [5.41, 5.74) is 1.11. The number of unbranched alkanes of at least 4 members (excludes halogenated alkanes) is 1. The molecule has 1 aromatic carbocycles. The summed E-state index contributed by atoms with van der Waals surface area (Å²) in [7, 11) is 1.80. The van der Waals surface area contributed by atoms with E-state index in [1.807, 2.05) is 18.2 Å². The van der Waals surface area contributed by atoms with Crippen LogP contribution in [-0.2, 0) is 6.54 Å². The van der Waals surface area contributed by atoms with Gasteiger partial charge in [-0.15, -0.1) is 0 Å². The van der Waals surface area contributed by atoms with Crippen molar-refractivity contribution in [2.45, 2.75) is 33.2 Å². The van der Waals surface area contributed by atoms with Crippen molar-refractivity contribution in [1.82, 2.24) is 15.5 Å². The second-order valence-electron chi connectivity index (χ2n) is 5.79. The van der Waals surface area contributed by atoms with Crippen LogP contribution in [0.2, 0.25) is 0 Å². The molecule has 25 heavy (non-hydrogen) atoms. The largest absolute Gasteiger partial charge is 0.489 e. The molecule has 5 nitrogen and oxygen atoms in total. The predicted octanol–water partition coefficient (Wildman–Crippen LogP) is 3.04. The molecule has 0 amide bonds. The van der Waals surface area contributed by atoms with Crippen molar-refractivity contribution in [2.75, 3.05) is 39.8 Å². The van der Waals surface area contributed by atoms with E-state index >= 15 is 0 Å². The molecule has 0 aliphatic heterocycles. The van der Waals surface area contributed by atoms with Crippen LogP contribution in [0.3, 0.4) is 0 Å². The fourth-order valence-corrected chi connectivity index (χ4v) is 2.55. The molecular weight excluding hydrogens is 312 g/mol. The molecule has 0 unspecified atom stereocenters. The van der Waals surface area contributed by atoms with Gasteiger partial charge in [-0.3, -0.25) is 4.99 Å². The summed E-state index contributed by atoms with van der Waals surface area (Å²) in [6.45, 7) is 13.6. The standard InChI is InChI=1S/C20H34N4O/c1-5-16-25-19-13-9-8-12-18(19)17-23-20(21-4)22-14-10-11-15-24(6-2)7-3/h5,8-9,12-13H,1,6-7,10-11,14-17H2,2-4H3,(H2,21,22,23). The molecule has 0 bridgehead atoms. The summed E-state index contributed by atoms with van der Waals surface area (Å²) in [4.78, 5) is 6.74. The topological polar surface area (TPSA) is 48.9 Å². The van der Waals surface area contributed by atoms with Gasteiger partial charge in [-0.05, 0) is 38.5 Å². The van der Waals surface area contributed by atoms with Gasteiger partial charge in [-0.1, -0.05) is 44.7 Å². The molecule has 0 spiro atoms. The highest BCUT2D eigenvalue weighted by molar-refractivity contribution is 5.79. The second kappa shape index (κ2) is 13.3. The van der Waals surface area contributed by atoms with E-state index in [-0.39, 0.29) is 0 Å². The van der Waals surface area contributed by atoms with Gasteiger partial charge in [0.1, 0.15) is 12.4 Å². The maximum atomic E-state index is 5.69. The summed E-state index contributed by atoms with van der Waals surface area (Å²) >= 11 is 0. The summed E-state index contributed by atoms with van der Waals surface area (Å²) in [6.07, 6.45) is 4.09. The first-order valence-electron chi connectivity index (χ1n) is 9.23. The number of para-hydroxylation sites is 1. The molecule has 140 valence electrons. The van der Waals surface area contributed by atoms with E-state index in [0.717, 1.165) is 49.9 Å². The van der Waals surface area contributed by atoms with Crippen LogP contribution in [0.25, 0.3) is 0 Å². The van der Waals surface area contributed by atoms with Crippen LogP contribution in [0.15, 0.2) is 41.9 Å². The number of hydrogen-bond acceptors (Lipinski definition) is 3. The first-order chi connectivity index (χ1) is 12.2. The molecule has 1 rings (SSSR count). The van der Waals surface area contributed by atoms with Gasteiger partial charge >= 0.3 is 0 Å². The van der Waals surface area contributed by atoms with Crippen molar-refractivity contribution >= 4 is 5.96 Å². The maximum Gasteiger partial charge on any atom is 0.191 e. The number of hydrogen-bond donors (Lipinski definition) is 2. The number of nitrogens with zero attached hydrogens (tertiary/aromatic N) is 2. The Hall–Kier alpha value is -2.01. The Kier molecular flexibility index (Phi) is 11.2. The van der Waals surface area contributed by atoms with Crippen molar-refractivity contribution in [2.24, 2.45) is 4.99 Å². The molecule has 0 atom stereocenters. The third-order valence-electron chi connectivity index (χ3n) is 4.09. The number of nitrogens with one attached hydrogen (secondary N) is 2. The Labute approximate surface area is 153 Å². The predicted molar refractivity (Wildman–Crippen MR) is 107 cm³/mol. The summed E-state index contributed by atoms with van der Waals surface area (Å²) in [6, 6.07) is 8.03. The minimum atomic E-state index is 0.510. The lowest BCUT2D eigenvalue weighted by Gasteiger charge is -2.18. The van der Waals surface area contributed by atoms with E-state index in [1.165, 1.54) is 6.42 Å². The Morgan fingerprint density at radius 1 is 1.20 bits per heavy atom. The highest BCUT2D eigenvalue weighted by Crippen LogP contribution is 2.17. The molecule has 5 heteroatoms. The molecule has 0 radical (unpaired) electrons. The number of guanidine groups is 1. The Morgan fingerprint density at radius 2 is 1.96 bits per heavy atom. The maximum absolute atomic E-state index is 5.69. The third kappa shape index (κ3) is 8.59. The van der Waals surface area contributed by atoms with Gasteiger partial charge in [0.25, 0.3) is 0 Å². The minimum Gasteiger partial charge on any atom is -0.489 e. The lowest BCUT2D eigenvalue weighted by Crippen LogP contribution is -2.37. The Morgan fingerprint density at radius 3 is 2.64 bits per heavy atom. The number of rotatable bonds is 12. The van der Waals surface area contributed by atoms with Gasteiger partial charge in [-0.2, -0.15) is 0 Å². The van der Waals surface area contributed by atoms with Crippen molar-refractivity contribution in [3.8, 4) is 5.75 Å². The number of aliphatic imine (C=N–C) groups is 1. The van der Waals surface area contributed by atoms with E-state index in [1.54, 1.807) is 13.1 Å². The summed E-state index contributed by atoms with van der Waals surface area (Å²) < 4.78 is 5.69. The van der Waals surface area contributed by atoms with Gasteiger partial charge in [0, 0.05) is 25.7 Å². The van der Waals surface area contributed by atoms with E-state index < -0.39 is 0 Å². The minimum absolute atomic E-state index is 0.510. The Bertz CT molecular complexity index is 512. The van der Waals surface area contributed by atoms with Crippen molar-refractivity contribution in [3.63, 3.8) is 0 Å². The smallest absolute Gasteiger partial charge is 0.191 e. The SMILES string of the molecule is C=CCOc1ccccc1CNC(=NC)NCCCCN(CC)CC. The molecule has 0 aliphatic carbocycles. The highest BCUT2D eigenvalue weighted by atomic mass is 16.5. The molecule has 0 aliphatic rings. The molecule has 1 aromatic rings. The quantitative estimate of drug-likeness (QED) is 0.264. The van der Waals surface area contributed by atoms with Crippen molar-refractivity contribution in [1.29, 1.82) is 0 Å². The third-order valence-corrected chi connectivity index (χ3v) is 4.09. The van der Waals surface area contributed by atoms with E-state index in [0.29, 0.717) is 13.2 Å². The fourth-order valence-electron chi connectivity index (χ4n) is 2.55. The molecule has 0 heterocycles. The van der Waals surface area contributed by atoms with Crippen LogP contribution in [-0.4, -0.2) is 50.7 Å². The van der Waals surface area contributed by atoms with Crippen LogP contribution in [0.1, 0.15) is 32.3 Å². The van der Waals surface area contributed by atoms with Gasteiger partial charge in [0.05, 0.1) is 0 Å². The molecule has 0 saturated carbocycles. The average Bonchev–Trinajstić information content (AvgIpc) is 2.66. The van der Waals surface area contributed by atoms with E-state index in [4.69, 9.17) is 4.74 Å². The zero-order chi connectivity index (χ0) is 18.3. The van der Waals surface area contributed by atoms with Crippen molar-refractivity contribution < 1.29 is 4.74 Å². The van der Waals surface area contributed by atoms with Gasteiger partial charge in [0.15, 0.2) is 5.96 Å². The molecule has 0 aromatic heterocycles. The molecule has 0 fully saturated rings. The van der Waals surface area contributed by atoms with E-state index in [9.17, 15) is 0 Å². The first-order valence-corrected chi connectivity index (χ1v) is 9.23. The molecule has 0 saturated heterocycles. The monoisotopic (exact) mass is 346 g/mol. The average molecular weight is 347 g/mol. The lowest BCUT2D eigenvalue weighted by atomic mass is 10.2. The zero-order valence-electron chi connectivity index (χ0n) is 16.1. The second-order valence-corrected chi connectivity index (χ2v) is 5.79. The van der Waals surface area contributed by atoms with Crippen LogP contribution in [0, 0.1) is 0 Å². The zero-order valence-corrected chi connectivity index (χ0v) is 16.1. The fraction of sp³-hybridized carbons (Fsp3) is 0.550.